The molecule has 2 fully saturated rings. The van der Waals surface area contributed by atoms with Crippen molar-refractivity contribution in [3.05, 3.63) is 0 Å². The molecule has 0 spiro atoms. The molecule has 2 aliphatic rings. The maximum Gasteiger partial charge on any atom is 0.391 e. The van der Waals surface area contributed by atoms with Crippen molar-refractivity contribution in [1.29, 1.82) is 0 Å². The summed E-state index contributed by atoms with van der Waals surface area (Å²) >= 11 is 0. The van der Waals surface area contributed by atoms with Crippen molar-refractivity contribution in [1.82, 2.24) is 4.31 Å². The summed E-state index contributed by atoms with van der Waals surface area (Å²) in [5, 5.41) is -0.611. The number of alkyl halides is 3. The second-order valence-corrected chi connectivity index (χ2v) is 7.69. The van der Waals surface area contributed by atoms with Crippen molar-refractivity contribution in [3.63, 3.8) is 0 Å². The molecule has 0 unspecified atom stereocenters. The minimum atomic E-state index is -4.18. The van der Waals surface area contributed by atoms with Gasteiger partial charge in [-0.15, -0.1) is 0 Å². The lowest BCUT2D eigenvalue weighted by Crippen LogP contribution is -2.54. The van der Waals surface area contributed by atoms with E-state index in [9.17, 15) is 21.6 Å². The Morgan fingerprint density at radius 3 is 2.05 bits per heavy atom. The van der Waals surface area contributed by atoms with Crippen LogP contribution in [0.25, 0.3) is 0 Å². The third-order valence-electron chi connectivity index (χ3n) is 4.45. The van der Waals surface area contributed by atoms with Crippen molar-refractivity contribution >= 4 is 10.0 Å². The Labute approximate surface area is 112 Å². The van der Waals surface area contributed by atoms with E-state index in [1.807, 2.05) is 6.92 Å². The molecule has 7 heteroatoms. The number of hydrogen-bond donors (Lipinski definition) is 0. The summed E-state index contributed by atoms with van der Waals surface area (Å²) in [5.74, 6) is -1.32. The molecule has 3 nitrogen and oxygen atoms in total. The van der Waals surface area contributed by atoms with Gasteiger partial charge in [0.2, 0.25) is 10.0 Å². The molecule has 0 aromatic carbocycles. The highest BCUT2D eigenvalue weighted by molar-refractivity contribution is 7.89. The lowest BCUT2D eigenvalue weighted by atomic mass is 9.88. The molecule has 0 amide bonds. The molecule has 2 rings (SSSR count). The molecular weight excluding hydrogens is 279 g/mol. The van der Waals surface area contributed by atoms with Crippen molar-refractivity contribution in [3.8, 4) is 0 Å². The van der Waals surface area contributed by atoms with Gasteiger partial charge in [-0.05, 0) is 38.5 Å². The van der Waals surface area contributed by atoms with Crippen LogP contribution in [-0.4, -0.2) is 36.7 Å². The van der Waals surface area contributed by atoms with Crippen LogP contribution in [0.1, 0.15) is 45.4 Å². The second kappa shape index (κ2) is 5.24. The van der Waals surface area contributed by atoms with E-state index in [4.69, 9.17) is 0 Å². The molecule has 0 aromatic rings. The molecule has 19 heavy (non-hydrogen) atoms. The average molecular weight is 299 g/mol. The summed E-state index contributed by atoms with van der Waals surface area (Å²) in [4.78, 5) is 0. The van der Waals surface area contributed by atoms with Gasteiger partial charge < -0.3 is 0 Å². The highest BCUT2D eigenvalue weighted by Gasteiger charge is 2.46. The average Bonchev–Trinajstić information content (AvgIpc) is 2.26. The number of hydrogen-bond acceptors (Lipinski definition) is 2. The van der Waals surface area contributed by atoms with Crippen LogP contribution in [0, 0.1) is 5.92 Å². The summed E-state index contributed by atoms with van der Waals surface area (Å²) in [6.07, 6.45) is -2.38. The van der Waals surface area contributed by atoms with Gasteiger partial charge in [-0.1, -0.05) is 6.92 Å². The molecule has 1 saturated heterocycles. The zero-order valence-electron chi connectivity index (χ0n) is 11.0. The molecule has 1 atom stereocenters. The topological polar surface area (TPSA) is 37.4 Å². The van der Waals surface area contributed by atoms with E-state index in [0.717, 1.165) is 12.8 Å². The minimum absolute atomic E-state index is 0.0575. The molecule has 1 aliphatic heterocycles. The predicted molar refractivity (Wildman–Crippen MR) is 66.1 cm³/mol. The first-order chi connectivity index (χ1) is 8.76. The summed E-state index contributed by atoms with van der Waals surface area (Å²) in [6, 6.07) is 0.0605. The van der Waals surface area contributed by atoms with E-state index < -0.39 is 27.4 Å². The Morgan fingerprint density at radius 1 is 1.11 bits per heavy atom. The zero-order chi connectivity index (χ0) is 14.3. The van der Waals surface area contributed by atoms with Gasteiger partial charge in [-0.3, -0.25) is 0 Å². The van der Waals surface area contributed by atoms with Gasteiger partial charge in [-0.2, -0.15) is 17.5 Å². The van der Waals surface area contributed by atoms with Crippen molar-refractivity contribution < 1.29 is 21.6 Å². The number of halogens is 3. The molecule has 0 bridgehead atoms. The third kappa shape index (κ3) is 2.91. The summed E-state index contributed by atoms with van der Waals surface area (Å²) in [7, 11) is -3.39. The fourth-order valence-electron chi connectivity index (χ4n) is 3.04. The van der Waals surface area contributed by atoms with Crippen LogP contribution in [0.5, 0.6) is 0 Å². The lowest BCUT2D eigenvalue weighted by molar-refractivity contribution is -0.181. The molecule has 0 radical (unpaired) electrons. The van der Waals surface area contributed by atoms with Crippen LogP contribution in [0.3, 0.4) is 0 Å². The SMILES string of the molecule is CC[C@H]1CCN1S(=O)(=O)C1CCC(C(F)(F)F)CC1. The van der Waals surface area contributed by atoms with Gasteiger partial charge in [0.15, 0.2) is 0 Å². The molecular formula is C12H20F3NO2S. The van der Waals surface area contributed by atoms with Crippen molar-refractivity contribution in [2.24, 2.45) is 5.92 Å². The first kappa shape index (κ1) is 15.1. The zero-order valence-corrected chi connectivity index (χ0v) is 11.8. The van der Waals surface area contributed by atoms with Crippen LogP contribution in [0.4, 0.5) is 13.2 Å². The van der Waals surface area contributed by atoms with Gasteiger partial charge in [0.1, 0.15) is 0 Å². The van der Waals surface area contributed by atoms with Gasteiger partial charge >= 0.3 is 6.18 Å². The van der Waals surface area contributed by atoms with E-state index in [1.54, 1.807) is 0 Å². The standard InChI is InChI=1S/C12H20F3NO2S/c1-2-10-7-8-16(10)19(17,18)11-5-3-9(4-6-11)12(13,14)15/h9-11H,2-8H2,1H3/t9?,10-,11?/m0/s1. The maximum atomic E-state index is 12.6. The Morgan fingerprint density at radius 2 is 1.68 bits per heavy atom. The fraction of sp³-hybridized carbons (Fsp3) is 1.00. The molecule has 0 aromatic heterocycles. The minimum Gasteiger partial charge on any atom is -0.212 e. The van der Waals surface area contributed by atoms with Crippen LogP contribution in [0.15, 0.2) is 0 Å². The van der Waals surface area contributed by atoms with Crippen LogP contribution in [-0.2, 0) is 10.0 Å². The number of nitrogens with zero attached hydrogens (tertiary/aromatic N) is 1. The largest absolute Gasteiger partial charge is 0.391 e. The molecule has 0 N–H and O–H groups in total. The first-order valence-corrected chi connectivity index (χ1v) is 8.34. The molecule has 112 valence electrons. The Balaban J connectivity index is 1.97. The molecule has 1 heterocycles. The van der Waals surface area contributed by atoms with Crippen molar-refractivity contribution in [2.75, 3.05) is 6.54 Å². The van der Waals surface area contributed by atoms with Crippen LogP contribution < -0.4 is 0 Å². The number of rotatable bonds is 3. The fourth-order valence-corrected chi connectivity index (χ4v) is 5.32. The quantitative estimate of drug-likeness (QED) is 0.803. The second-order valence-electron chi connectivity index (χ2n) is 5.52. The van der Waals surface area contributed by atoms with Crippen LogP contribution >= 0.6 is 0 Å². The summed E-state index contributed by atoms with van der Waals surface area (Å²) in [5.41, 5.74) is 0. The Hall–Kier alpha value is -0.300. The van der Waals surface area contributed by atoms with Gasteiger partial charge in [0.05, 0.1) is 11.2 Å². The van der Waals surface area contributed by atoms with E-state index in [-0.39, 0.29) is 31.7 Å². The maximum absolute atomic E-state index is 12.6. The first-order valence-electron chi connectivity index (χ1n) is 6.84. The monoisotopic (exact) mass is 299 g/mol. The lowest BCUT2D eigenvalue weighted by Gasteiger charge is -2.42. The normalized spacial score (nSPS) is 34.0. The predicted octanol–water partition coefficient (Wildman–Crippen LogP) is 2.92. The molecule has 1 aliphatic carbocycles. The number of sulfonamides is 1. The van der Waals surface area contributed by atoms with E-state index in [1.165, 1.54) is 4.31 Å². The van der Waals surface area contributed by atoms with Crippen LogP contribution in [0.2, 0.25) is 0 Å². The van der Waals surface area contributed by atoms with E-state index in [0.29, 0.717) is 6.54 Å². The van der Waals surface area contributed by atoms with E-state index in [2.05, 4.69) is 0 Å². The summed E-state index contributed by atoms with van der Waals surface area (Å²) in [6.45, 7) is 2.47. The summed E-state index contributed by atoms with van der Waals surface area (Å²) < 4.78 is 63.8. The Bertz CT molecular complexity index is 411. The van der Waals surface area contributed by atoms with Gasteiger partial charge in [0.25, 0.3) is 0 Å². The highest BCUT2D eigenvalue weighted by atomic mass is 32.2. The Kier molecular flexibility index (Phi) is 4.16. The van der Waals surface area contributed by atoms with Crippen molar-refractivity contribution in [2.45, 2.75) is 62.9 Å². The van der Waals surface area contributed by atoms with E-state index >= 15 is 0 Å². The smallest absolute Gasteiger partial charge is 0.212 e. The van der Waals surface area contributed by atoms with Gasteiger partial charge in [0, 0.05) is 12.6 Å². The molecule has 1 saturated carbocycles. The van der Waals surface area contributed by atoms with Gasteiger partial charge in [-0.25, -0.2) is 8.42 Å². The highest BCUT2D eigenvalue weighted by Crippen LogP contribution is 2.40. The third-order valence-corrected chi connectivity index (χ3v) is 6.89.